The molecule has 21 heavy (non-hydrogen) atoms. The Balaban J connectivity index is 1.60. The lowest BCUT2D eigenvalue weighted by Crippen LogP contribution is -2.35. The number of hydrogen-bond donors (Lipinski definition) is 1. The fourth-order valence-corrected chi connectivity index (χ4v) is 3.25. The van der Waals surface area contributed by atoms with Crippen molar-refractivity contribution >= 4 is 17.6 Å². The number of nitrogens with one attached hydrogen (secondary N) is 1. The van der Waals surface area contributed by atoms with E-state index in [2.05, 4.69) is 10.3 Å². The summed E-state index contributed by atoms with van der Waals surface area (Å²) >= 11 is 0. The van der Waals surface area contributed by atoms with Crippen molar-refractivity contribution in [2.45, 2.75) is 45.1 Å². The van der Waals surface area contributed by atoms with E-state index < -0.39 is 0 Å². The summed E-state index contributed by atoms with van der Waals surface area (Å²) in [5.41, 5.74) is 1.05. The highest BCUT2D eigenvalue weighted by Gasteiger charge is 2.38. The Kier molecular flexibility index (Phi) is 3.90. The van der Waals surface area contributed by atoms with Gasteiger partial charge in [0, 0.05) is 25.2 Å². The monoisotopic (exact) mass is 287 g/mol. The van der Waals surface area contributed by atoms with Gasteiger partial charge >= 0.3 is 0 Å². The maximum atomic E-state index is 12.3. The van der Waals surface area contributed by atoms with Crippen LogP contribution in [0.25, 0.3) is 0 Å². The second-order valence-corrected chi connectivity index (χ2v) is 6.10. The summed E-state index contributed by atoms with van der Waals surface area (Å²) in [6.07, 6.45) is 6.60. The van der Waals surface area contributed by atoms with E-state index in [1.165, 1.54) is 12.8 Å². The van der Waals surface area contributed by atoms with Crippen molar-refractivity contribution in [1.82, 2.24) is 9.88 Å². The second kappa shape index (κ2) is 5.84. The molecule has 1 aliphatic heterocycles. The SMILES string of the molecule is Cc1ccc(NC(=O)[C@H]2CC(=O)N(C3CCCC3)C2)nc1. The quantitative estimate of drug-likeness (QED) is 0.926. The highest BCUT2D eigenvalue weighted by molar-refractivity contribution is 5.96. The average Bonchev–Trinajstić information content (AvgIpc) is 3.10. The lowest BCUT2D eigenvalue weighted by molar-refractivity contribution is -0.129. The number of pyridine rings is 1. The molecule has 2 aliphatic rings. The van der Waals surface area contributed by atoms with Gasteiger partial charge in [0.15, 0.2) is 0 Å². The molecular weight excluding hydrogens is 266 g/mol. The molecule has 2 heterocycles. The minimum absolute atomic E-state index is 0.0970. The number of likely N-dealkylation sites (tertiary alicyclic amines) is 1. The number of aryl methyl sites for hydroxylation is 1. The summed E-state index contributed by atoms with van der Waals surface area (Å²) in [6.45, 7) is 2.51. The standard InChI is InChI=1S/C16H21N3O2/c1-11-6-7-14(17-9-11)18-16(21)12-8-15(20)19(10-12)13-4-2-3-5-13/h6-7,9,12-13H,2-5,8,10H2,1H3,(H,17,18,21)/t12-/m0/s1. The van der Waals surface area contributed by atoms with Gasteiger partial charge in [0.1, 0.15) is 5.82 Å². The number of amides is 2. The van der Waals surface area contributed by atoms with E-state index >= 15 is 0 Å². The predicted molar refractivity (Wildman–Crippen MR) is 79.7 cm³/mol. The normalized spacial score (nSPS) is 22.8. The van der Waals surface area contributed by atoms with E-state index in [-0.39, 0.29) is 17.7 Å². The molecule has 1 saturated carbocycles. The largest absolute Gasteiger partial charge is 0.339 e. The van der Waals surface area contributed by atoms with Crippen LogP contribution in [-0.4, -0.2) is 34.3 Å². The number of carbonyl (C=O) groups is 2. The van der Waals surface area contributed by atoms with Gasteiger partial charge in [-0.05, 0) is 31.4 Å². The number of carbonyl (C=O) groups excluding carboxylic acids is 2. The van der Waals surface area contributed by atoms with Crippen molar-refractivity contribution in [3.05, 3.63) is 23.9 Å². The van der Waals surface area contributed by atoms with Gasteiger partial charge in [-0.3, -0.25) is 9.59 Å². The first kappa shape index (κ1) is 14.0. The van der Waals surface area contributed by atoms with Crippen molar-refractivity contribution in [3.8, 4) is 0 Å². The van der Waals surface area contributed by atoms with Crippen LogP contribution in [0.3, 0.4) is 0 Å². The summed E-state index contributed by atoms with van der Waals surface area (Å²) in [6, 6.07) is 4.05. The number of nitrogens with zero attached hydrogens (tertiary/aromatic N) is 2. The van der Waals surface area contributed by atoms with Crippen molar-refractivity contribution in [1.29, 1.82) is 0 Å². The summed E-state index contributed by atoms with van der Waals surface area (Å²) in [5.74, 6) is 0.331. The van der Waals surface area contributed by atoms with E-state index in [9.17, 15) is 9.59 Å². The minimum atomic E-state index is -0.249. The summed E-state index contributed by atoms with van der Waals surface area (Å²) < 4.78 is 0. The van der Waals surface area contributed by atoms with Gasteiger partial charge in [-0.2, -0.15) is 0 Å². The van der Waals surface area contributed by atoms with Crippen LogP contribution in [0.5, 0.6) is 0 Å². The molecule has 1 saturated heterocycles. The highest BCUT2D eigenvalue weighted by atomic mass is 16.2. The molecule has 1 aromatic heterocycles. The molecule has 0 spiro atoms. The Morgan fingerprint density at radius 2 is 2.10 bits per heavy atom. The molecule has 0 aromatic carbocycles. The average molecular weight is 287 g/mol. The maximum Gasteiger partial charge on any atom is 0.230 e. The minimum Gasteiger partial charge on any atom is -0.339 e. The van der Waals surface area contributed by atoms with E-state index in [0.29, 0.717) is 24.8 Å². The molecule has 2 amide bonds. The zero-order valence-electron chi connectivity index (χ0n) is 12.3. The molecule has 1 aliphatic carbocycles. The van der Waals surface area contributed by atoms with Crippen LogP contribution in [0.4, 0.5) is 5.82 Å². The molecule has 1 aromatic rings. The molecule has 0 unspecified atom stereocenters. The maximum absolute atomic E-state index is 12.3. The molecule has 1 N–H and O–H groups in total. The van der Waals surface area contributed by atoms with Gasteiger partial charge in [-0.1, -0.05) is 18.9 Å². The van der Waals surface area contributed by atoms with Gasteiger partial charge in [-0.25, -0.2) is 4.98 Å². The Morgan fingerprint density at radius 1 is 1.33 bits per heavy atom. The Morgan fingerprint density at radius 3 is 2.76 bits per heavy atom. The fourth-order valence-electron chi connectivity index (χ4n) is 3.25. The second-order valence-electron chi connectivity index (χ2n) is 6.10. The Bertz CT molecular complexity index is 535. The molecule has 112 valence electrons. The van der Waals surface area contributed by atoms with E-state index in [4.69, 9.17) is 0 Å². The van der Waals surface area contributed by atoms with E-state index in [0.717, 1.165) is 18.4 Å². The third-order valence-corrected chi connectivity index (χ3v) is 4.46. The van der Waals surface area contributed by atoms with Crippen molar-refractivity contribution in [2.75, 3.05) is 11.9 Å². The first-order valence-electron chi connectivity index (χ1n) is 7.66. The lowest BCUT2D eigenvalue weighted by atomic mass is 10.1. The molecule has 1 atom stereocenters. The van der Waals surface area contributed by atoms with Crippen LogP contribution in [0.1, 0.15) is 37.7 Å². The van der Waals surface area contributed by atoms with Crippen LogP contribution in [0.15, 0.2) is 18.3 Å². The molecule has 3 rings (SSSR count). The van der Waals surface area contributed by atoms with E-state index in [1.807, 2.05) is 17.9 Å². The molecule has 0 radical (unpaired) electrons. The van der Waals surface area contributed by atoms with Gasteiger partial charge in [0.05, 0.1) is 5.92 Å². The van der Waals surface area contributed by atoms with Crippen LogP contribution in [-0.2, 0) is 9.59 Å². The van der Waals surface area contributed by atoms with Crippen molar-refractivity contribution in [2.24, 2.45) is 5.92 Å². The molecule has 5 nitrogen and oxygen atoms in total. The van der Waals surface area contributed by atoms with Crippen molar-refractivity contribution < 1.29 is 9.59 Å². The Hall–Kier alpha value is -1.91. The zero-order valence-corrected chi connectivity index (χ0v) is 12.3. The predicted octanol–water partition coefficient (Wildman–Crippen LogP) is 2.12. The van der Waals surface area contributed by atoms with Crippen molar-refractivity contribution in [3.63, 3.8) is 0 Å². The van der Waals surface area contributed by atoms with Gasteiger partial charge < -0.3 is 10.2 Å². The Labute approximate surface area is 124 Å². The highest BCUT2D eigenvalue weighted by Crippen LogP contribution is 2.29. The first-order valence-corrected chi connectivity index (χ1v) is 7.66. The molecular formula is C16H21N3O2. The van der Waals surface area contributed by atoms with E-state index in [1.54, 1.807) is 12.3 Å². The van der Waals surface area contributed by atoms with Crippen LogP contribution < -0.4 is 5.32 Å². The summed E-state index contributed by atoms with van der Waals surface area (Å²) in [4.78, 5) is 30.5. The molecule has 2 fully saturated rings. The lowest BCUT2D eigenvalue weighted by Gasteiger charge is -2.23. The number of aromatic nitrogens is 1. The number of anilines is 1. The van der Waals surface area contributed by atoms with Gasteiger partial charge in [0.2, 0.25) is 11.8 Å². The van der Waals surface area contributed by atoms with Crippen LogP contribution >= 0.6 is 0 Å². The zero-order chi connectivity index (χ0) is 14.8. The topological polar surface area (TPSA) is 62.3 Å². The molecule has 5 heteroatoms. The molecule has 0 bridgehead atoms. The summed E-state index contributed by atoms with van der Waals surface area (Å²) in [5, 5.41) is 2.81. The smallest absolute Gasteiger partial charge is 0.230 e. The third kappa shape index (κ3) is 3.06. The fraction of sp³-hybridized carbons (Fsp3) is 0.562. The number of hydrogen-bond acceptors (Lipinski definition) is 3. The van der Waals surface area contributed by atoms with Gasteiger partial charge in [-0.15, -0.1) is 0 Å². The van der Waals surface area contributed by atoms with Crippen LogP contribution in [0, 0.1) is 12.8 Å². The first-order chi connectivity index (χ1) is 10.1. The van der Waals surface area contributed by atoms with Crippen LogP contribution in [0.2, 0.25) is 0 Å². The third-order valence-electron chi connectivity index (χ3n) is 4.46. The number of rotatable bonds is 3. The summed E-state index contributed by atoms with van der Waals surface area (Å²) in [7, 11) is 0. The van der Waals surface area contributed by atoms with Gasteiger partial charge in [0.25, 0.3) is 0 Å².